The summed E-state index contributed by atoms with van der Waals surface area (Å²) >= 11 is 0. The number of likely N-dealkylation sites (N-methyl/N-ethyl adjacent to an activating group) is 1. The van der Waals surface area contributed by atoms with Crippen LogP contribution in [-0.2, 0) is 16.6 Å². The van der Waals surface area contributed by atoms with Crippen LogP contribution >= 0.6 is 0 Å². The second-order valence-electron chi connectivity index (χ2n) is 7.99. The highest BCUT2D eigenvalue weighted by molar-refractivity contribution is 5.84. The first-order chi connectivity index (χ1) is 13.2. The molecule has 3 atom stereocenters. The molecule has 0 unspecified atom stereocenters. The van der Waals surface area contributed by atoms with Crippen molar-refractivity contribution in [2.75, 3.05) is 20.6 Å². The normalized spacial score (nSPS) is 22.1. The van der Waals surface area contributed by atoms with E-state index in [1.165, 1.54) is 0 Å². The van der Waals surface area contributed by atoms with Gasteiger partial charge in [0.1, 0.15) is 17.4 Å². The van der Waals surface area contributed by atoms with E-state index in [2.05, 4.69) is 12.2 Å². The number of halogens is 2. The molecule has 0 heterocycles. The maximum Gasteiger partial charge on any atom is 0.224 e. The van der Waals surface area contributed by atoms with E-state index >= 15 is 0 Å². The lowest BCUT2D eigenvalue weighted by Gasteiger charge is -2.25. The first-order valence-electron chi connectivity index (χ1n) is 9.39. The van der Waals surface area contributed by atoms with Crippen molar-refractivity contribution in [1.82, 2.24) is 10.2 Å². The molecule has 1 aliphatic rings. The van der Waals surface area contributed by atoms with Crippen molar-refractivity contribution in [3.63, 3.8) is 0 Å². The van der Waals surface area contributed by atoms with E-state index in [9.17, 15) is 18.7 Å². The van der Waals surface area contributed by atoms with E-state index in [0.717, 1.165) is 24.1 Å². The Morgan fingerprint density at radius 1 is 1.25 bits per heavy atom. The number of carbonyl (C=O) groups is 1. The molecule has 0 aromatic heterocycles. The number of rotatable bonds is 7. The first-order valence-corrected chi connectivity index (χ1v) is 9.39. The van der Waals surface area contributed by atoms with Crippen LogP contribution in [0.5, 0.6) is 5.75 Å². The average Bonchev–Trinajstić information content (AvgIpc) is 3.34. The maximum absolute atomic E-state index is 14.1. The van der Waals surface area contributed by atoms with Gasteiger partial charge in [0, 0.05) is 41.6 Å². The monoisotopic (exact) mass is 388 g/mol. The van der Waals surface area contributed by atoms with Gasteiger partial charge < -0.3 is 15.3 Å². The van der Waals surface area contributed by atoms with E-state index in [1.807, 2.05) is 35.2 Å². The lowest BCUT2D eigenvalue weighted by atomic mass is 9.95. The summed E-state index contributed by atoms with van der Waals surface area (Å²) in [5.41, 5.74) is 0.896. The quantitative estimate of drug-likeness (QED) is 0.766. The molecule has 6 heteroatoms. The van der Waals surface area contributed by atoms with Crippen LogP contribution in [0.2, 0.25) is 0 Å². The summed E-state index contributed by atoms with van der Waals surface area (Å²) < 4.78 is 28.1. The second kappa shape index (κ2) is 7.87. The van der Waals surface area contributed by atoms with Gasteiger partial charge in [-0.25, -0.2) is 8.78 Å². The molecule has 1 aliphatic carbocycles. The van der Waals surface area contributed by atoms with Gasteiger partial charge in [-0.1, -0.05) is 37.3 Å². The van der Waals surface area contributed by atoms with Crippen LogP contribution in [0.3, 0.4) is 0 Å². The Balaban J connectivity index is 1.63. The minimum absolute atomic E-state index is 0.0372. The SMILES string of the molecule is CN(C)[C@H](CNC(=O)[C@@H]1C[C@@]1(C)c1ccccc1)Cc1c(F)cc(O)cc1F. The van der Waals surface area contributed by atoms with E-state index in [1.54, 1.807) is 14.1 Å². The smallest absolute Gasteiger partial charge is 0.224 e. The second-order valence-corrected chi connectivity index (χ2v) is 7.99. The zero-order valence-corrected chi connectivity index (χ0v) is 16.4. The van der Waals surface area contributed by atoms with Crippen molar-refractivity contribution in [2.45, 2.75) is 31.2 Å². The number of benzene rings is 2. The van der Waals surface area contributed by atoms with Crippen LogP contribution in [0.25, 0.3) is 0 Å². The number of phenolic OH excluding ortho intramolecular Hbond substituents is 1. The summed E-state index contributed by atoms with van der Waals surface area (Å²) in [5, 5.41) is 12.2. The lowest BCUT2D eigenvalue weighted by molar-refractivity contribution is -0.122. The Morgan fingerprint density at radius 2 is 1.86 bits per heavy atom. The highest BCUT2D eigenvalue weighted by atomic mass is 19.1. The molecule has 1 amide bonds. The third kappa shape index (κ3) is 4.17. The van der Waals surface area contributed by atoms with Crippen LogP contribution in [0.4, 0.5) is 8.78 Å². The summed E-state index contributed by atoms with van der Waals surface area (Å²) in [6.07, 6.45) is 0.878. The summed E-state index contributed by atoms with van der Waals surface area (Å²) in [7, 11) is 3.61. The standard InChI is InChI=1S/C22H26F2N2O2/c1-22(14-7-5-4-6-8-14)12-18(22)21(28)25-13-15(26(2)3)9-17-19(23)10-16(27)11-20(17)24/h4-8,10-11,15,18,27H,9,12-13H2,1-3H3,(H,25,28)/t15-,18-,22-/m0/s1. The number of hydrogen-bond donors (Lipinski definition) is 2. The van der Waals surface area contributed by atoms with E-state index < -0.39 is 17.4 Å². The minimum Gasteiger partial charge on any atom is -0.508 e. The van der Waals surface area contributed by atoms with Gasteiger partial charge in [0.05, 0.1) is 0 Å². The summed E-state index contributed by atoms with van der Waals surface area (Å²) in [4.78, 5) is 14.5. The van der Waals surface area contributed by atoms with Gasteiger partial charge in [-0.05, 0) is 32.5 Å². The largest absolute Gasteiger partial charge is 0.508 e. The maximum atomic E-state index is 14.1. The molecule has 0 spiro atoms. The van der Waals surface area contributed by atoms with Crippen LogP contribution in [0.15, 0.2) is 42.5 Å². The minimum atomic E-state index is -0.783. The molecule has 0 aliphatic heterocycles. The summed E-state index contributed by atoms with van der Waals surface area (Å²) in [6.45, 7) is 2.37. The van der Waals surface area contributed by atoms with Crippen molar-refractivity contribution in [2.24, 2.45) is 5.92 Å². The molecule has 3 rings (SSSR count). The van der Waals surface area contributed by atoms with Crippen LogP contribution < -0.4 is 5.32 Å². The highest BCUT2D eigenvalue weighted by Crippen LogP contribution is 2.53. The van der Waals surface area contributed by atoms with Crippen molar-refractivity contribution in [3.8, 4) is 5.75 Å². The fourth-order valence-corrected chi connectivity index (χ4v) is 3.68. The van der Waals surface area contributed by atoms with Gasteiger partial charge in [0.25, 0.3) is 0 Å². The van der Waals surface area contributed by atoms with E-state index in [0.29, 0.717) is 0 Å². The Labute approximate surface area is 164 Å². The molecule has 0 bridgehead atoms. The van der Waals surface area contributed by atoms with Crippen molar-refractivity contribution < 1.29 is 18.7 Å². The van der Waals surface area contributed by atoms with Gasteiger partial charge in [-0.15, -0.1) is 0 Å². The molecule has 1 fully saturated rings. The molecule has 2 aromatic carbocycles. The fraction of sp³-hybridized carbons (Fsp3) is 0.409. The zero-order valence-electron chi connectivity index (χ0n) is 16.4. The number of hydrogen-bond acceptors (Lipinski definition) is 3. The number of amides is 1. The number of phenols is 1. The number of nitrogens with one attached hydrogen (secondary N) is 1. The molecule has 4 nitrogen and oxygen atoms in total. The average molecular weight is 388 g/mol. The Bertz CT molecular complexity index is 834. The topological polar surface area (TPSA) is 52.6 Å². The third-order valence-corrected chi connectivity index (χ3v) is 5.79. The molecule has 2 aromatic rings. The van der Waals surface area contributed by atoms with Crippen molar-refractivity contribution >= 4 is 5.91 Å². The fourth-order valence-electron chi connectivity index (χ4n) is 3.68. The van der Waals surface area contributed by atoms with Gasteiger partial charge in [0.15, 0.2) is 0 Å². The molecule has 1 saturated carbocycles. The highest BCUT2D eigenvalue weighted by Gasteiger charge is 2.55. The Kier molecular flexibility index (Phi) is 5.70. The van der Waals surface area contributed by atoms with Crippen LogP contribution in [0.1, 0.15) is 24.5 Å². The first kappa shape index (κ1) is 20.3. The van der Waals surface area contributed by atoms with Crippen molar-refractivity contribution in [1.29, 1.82) is 0 Å². The molecule has 0 radical (unpaired) electrons. The molecular formula is C22H26F2N2O2. The van der Waals surface area contributed by atoms with Gasteiger partial charge in [-0.3, -0.25) is 4.79 Å². The number of nitrogens with zero attached hydrogens (tertiary/aromatic N) is 1. The van der Waals surface area contributed by atoms with E-state index in [-0.39, 0.29) is 41.8 Å². The molecule has 28 heavy (non-hydrogen) atoms. The molecular weight excluding hydrogens is 362 g/mol. The van der Waals surface area contributed by atoms with Crippen molar-refractivity contribution in [3.05, 3.63) is 65.2 Å². The molecule has 2 N–H and O–H groups in total. The Morgan fingerprint density at radius 3 is 2.43 bits per heavy atom. The van der Waals surface area contributed by atoms with Gasteiger partial charge >= 0.3 is 0 Å². The molecule has 150 valence electrons. The number of carbonyl (C=O) groups excluding carboxylic acids is 1. The van der Waals surface area contributed by atoms with Gasteiger partial charge in [-0.2, -0.15) is 0 Å². The zero-order chi connectivity index (χ0) is 20.5. The van der Waals surface area contributed by atoms with E-state index in [4.69, 9.17) is 0 Å². The van der Waals surface area contributed by atoms with Crippen LogP contribution in [-0.4, -0.2) is 42.6 Å². The third-order valence-electron chi connectivity index (χ3n) is 5.79. The van der Waals surface area contributed by atoms with Gasteiger partial charge in [0.2, 0.25) is 5.91 Å². The molecule has 0 saturated heterocycles. The number of aromatic hydroxyl groups is 1. The predicted octanol–water partition coefficient (Wildman–Crippen LogP) is 3.24. The Hall–Kier alpha value is -2.47. The summed E-state index contributed by atoms with van der Waals surface area (Å²) in [5.74, 6) is -2.14. The predicted molar refractivity (Wildman–Crippen MR) is 104 cm³/mol. The van der Waals surface area contributed by atoms with Crippen LogP contribution in [0, 0.1) is 17.6 Å². The summed E-state index contributed by atoms with van der Waals surface area (Å²) in [6, 6.07) is 11.5. The lowest BCUT2D eigenvalue weighted by Crippen LogP contribution is -2.42.